The Labute approximate surface area is 105 Å². The molecule has 0 bridgehead atoms. The van der Waals surface area contributed by atoms with Gasteiger partial charge < -0.3 is 15.7 Å². The standard InChI is InChI=1S/C13H17FN2O2/c14-11-1-2-12(10(7-11)8-17)16-5-3-9(4-6-16)13(15)18/h1-2,7,9,17H,3-6,8H2,(H2,15,18). The molecule has 1 aliphatic rings. The second kappa shape index (κ2) is 5.35. The lowest BCUT2D eigenvalue weighted by Crippen LogP contribution is -2.38. The molecular weight excluding hydrogens is 235 g/mol. The number of benzene rings is 1. The summed E-state index contributed by atoms with van der Waals surface area (Å²) in [6.45, 7) is 1.21. The number of piperidine rings is 1. The quantitative estimate of drug-likeness (QED) is 0.844. The number of carbonyl (C=O) groups is 1. The van der Waals surface area contributed by atoms with Crippen molar-refractivity contribution in [3.63, 3.8) is 0 Å². The van der Waals surface area contributed by atoms with Crippen LogP contribution < -0.4 is 10.6 Å². The van der Waals surface area contributed by atoms with Crippen molar-refractivity contribution < 1.29 is 14.3 Å². The van der Waals surface area contributed by atoms with Gasteiger partial charge in [-0.15, -0.1) is 0 Å². The van der Waals surface area contributed by atoms with Crippen LogP contribution in [0.25, 0.3) is 0 Å². The molecular formula is C13H17FN2O2. The first-order chi connectivity index (χ1) is 8.61. The predicted octanol–water partition coefficient (Wildman–Crippen LogP) is 1.02. The van der Waals surface area contributed by atoms with E-state index in [-0.39, 0.29) is 24.2 Å². The molecule has 4 nitrogen and oxygen atoms in total. The number of aliphatic hydroxyl groups is 1. The number of aliphatic hydroxyl groups excluding tert-OH is 1. The number of hydrogen-bond acceptors (Lipinski definition) is 3. The molecule has 1 aromatic rings. The second-order valence-corrected chi connectivity index (χ2v) is 4.59. The highest BCUT2D eigenvalue weighted by Gasteiger charge is 2.24. The van der Waals surface area contributed by atoms with Crippen molar-refractivity contribution in [1.29, 1.82) is 0 Å². The van der Waals surface area contributed by atoms with E-state index in [4.69, 9.17) is 5.73 Å². The van der Waals surface area contributed by atoms with Gasteiger partial charge in [-0.2, -0.15) is 0 Å². The van der Waals surface area contributed by atoms with Gasteiger partial charge in [-0.3, -0.25) is 4.79 Å². The smallest absolute Gasteiger partial charge is 0.220 e. The number of anilines is 1. The number of primary amides is 1. The number of carbonyl (C=O) groups excluding carboxylic acids is 1. The molecule has 0 aliphatic carbocycles. The van der Waals surface area contributed by atoms with Crippen LogP contribution in [0.1, 0.15) is 18.4 Å². The van der Waals surface area contributed by atoms with Crippen LogP contribution in [0.15, 0.2) is 18.2 Å². The molecule has 1 amide bonds. The first-order valence-electron chi connectivity index (χ1n) is 6.05. The van der Waals surface area contributed by atoms with Crippen molar-refractivity contribution >= 4 is 11.6 Å². The van der Waals surface area contributed by atoms with Crippen molar-refractivity contribution in [2.75, 3.05) is 18.0 Å². The van der Waals surface area contributed by atoms with Crippen molar-refractivity contribution in [3.8, 4) is 0 Å². The number of halogens is 1. The van der Waals surface area contributed by atoms with Crippen LogP contribution in [0.2, 0.25) is 0 Å². The van der Waals surface area contributed by atoms with Crippen molar-refractivity contribution in [1.82, 2.24) is 0 Å². The minimum Gasteiger partial charge on any atom is -0.392 e. The minimum atomic E-state index is -0.352. The van der Waals surface area contributed by atoms with Gasteiger partial charge in [0.25, 0.3) is 0 Å². The third-order valence-corrected chi connectivity index (χ3v) is 3.45. The van der Waals surface area contributed by atoms with Crippen molar-refractivity contribution in [2.24, 2.45) is 11.7 Å². The second-order valence-electron chi connectivity index (χ2n) is 4.59. The van der Waals surface area contributed by atoms with E-state index in [9.17, 15) is 14.3 Å². The Kier molecular flexibility index (Phi) is 3.81. The van der Waals surface area contributed by atoms with E-state index in [0.717, 1.165) is 5.69 Å². The third-order valence-electron chi connectivity index (χ3n) is 3.45. The lowest BCUT2D eigenvalue weighted by Gasteiger charge is -2.33. The van der Waals surface area contributed by atoms with E-state index < -0.39 is 0 Å². The Morgan fingerprint density at radius 2 is 2.11 bits per heavy atom. The Hall–Kier alpha value is -1.62. The van der Waals surface area contributed by atoms with Gasteiger partial charge in [-0.05, 0) is 31.0 Å². The van der Waals surface area contributed by atoms with Gasteiger partial charge in [-0.1, -0.05) is 0 Å². The maximum atomic E-state index is 13.1. The van der Waals surface area contributed by atoms with Crippen LogP contribution in [0.4, 0.5) is 10.1 Å². The average molecular weight is 252 g/mol. The largest absolute Gasteiger partial charge is 0.392 e. The fourth-order valence-corrected chi connectivity index (χ4v) is 2.39. The Bertz CT molecular complexity index is 443. The number of nitrogens with two attached hydrogens (primary N) is 1. The number of amides is 1. The molecule has 0 saturated carbocycles. The van der Waals surface area contributed by atoms with Crippen LogP contribution in [0.3, 0.4) is 0 Å². The van der Waals surface area contributed by atoms with Gasteiger partial charge in [0.15, 0.2) is 0 Å². The summed E-state index contributed by atoms with van der Waals surface area (Å²) in [4.78, 5) is 13.1. The average Bonchev–Trinajstić information content (AvgIpc) is 2.38. The van der Waals surface area contributed by atoms with E-state index in [0.29, 0.717) is 31.5 Å². The summed E-state index contributed by atoms with van der Waals surface area (Å²) in [6.07, 6.45) is 1.41. The molecule has 1 saturated heterocycles. The first kappa shape index (κ1) is 12.8. The summed E-state index contributed by atoms with van der Waals surface area (Å²) < 4.78 is 13.1. The van der Waals surface area contributed by atoms with E-state index in [1.54, 1.807) is 6.07 Å². The molecule has 3 N–H and O–H groups in total. The maximum absolute atomic E-state index is 13.1. The van der Waals surface area contributed by atoms with E-state index in [1.165, 1.54) is 12.1 Å². The van der Waals surface area contributed by atoms with Gasteiger partial charge in [0.05, 0.1) is 6.61 Å². The minimum absolute atomic E-state index is 0.0701. The van der Waals surface area contributed by atoms with E-state index >= 15 is 0 Å². The van der Waals surface area contributed by atoms with Gasteiger partial charge in [0.2, 0.25) is 5.91 Å². The number of rotatable bonds is 3. The van der Waals surface area contributed by atoms with Gasteiger partial charge in [0, 0.05) is 30.3 Å². The highest BCUT2D eigenvalue weighted by molar-refractivity contribution is 5.77. The van der Waals surface area contributed by atoms with Gasteiger partial charge in [0.1, 0.15) is 5.82 Å². The monoisotopic (exact) mass is 252 g/mol. The van der Waals surface area contributed by atoms with Crippen LogP contribution in [0, 0.1) is 11.7 Å². The summed E-state index contributed by atoms with van der Waals surface area (Å²) in [7, 11) is 0. The molecule has 0 spiro atoms. The summed E-state index contributed by atoms with van der Waals surface area (Å²) in [5, 5.41) is 9.25. The van der Waals surface area contributed by atoms with Crippen LogP contribution >= 0.6 is 0 Å². The molecule has 0 aromatic heterocycles. The maximum Gasteiger partial charge on any atom is 0.220 e. The van der Waals surface area contributed by atoms with Gasteiger partial charge >= 0.3 is 0 Å². The summed E-state index contributed by atoms with van der Waals surface area (Å²) >= 11 is 0. The zero-order valence-electron chi connectivity index (χ0n) is 10.1. The molecule has 0 atom stereocenters. The van der Waals surface area contributed by atoms with E-state index in [2.05, 4.69) is 4.90 Å². The first-order valence-corrected chi connectivity index (χ1v) is 6.05. The highest BCUT2D eigenvalue weighted by atomic mass is 19.1. The zero-order chi connectivity index (χ0) is 13.1. The Morgan fingerprint density at radius 1 is 1.44 bits per heavy atom. The molecule has 98 valence electrons. The molecule has 1 heterocycles. The summed E-state index contributed by atoms with van der Waals surface area (Å²) in [5.74, 6) is -0.676. The number of nitrogens with zero attached hydrogens (tertiary/aromatic N) is 1. The SMILES string of the molecule is NC(=O)C1CCN(c2ccc(F)cc2CO)CC1. The molecule has 5 heteroatoms. The highest BCUT2D eigenvalue weighted by Crippen LogP contribution is 2.27. The molecule has 2 rings (SSSR count). The van der Waals surface area contributed by atoms with Crippen LogP contribution in [-0.4, -0.2) is 24.1 Å². The lowest BCUT2D eigenvalue weighted by atomic mass is 9.95. The molecule has 0 unspecified atom stereocenters. The third kappa shape index (κ3) is 2.61. The van der Waals surface area contributed by atoms with Crippen LogP contribution in [0.5, 0.6) is 0 Å². The summed E-state index contributed by atoms with van der Waals surface area (Å²) in [6, 6.07) is 4.40. The Balaban J connectivity index is 2.12. The number of hydrogen-bond donors (Lipinski definition) is 2. The van der Waals surface area contributed by atoms with Crippen molar-refractivity contribution in [3.05, 3.63) is 29.6 Å². The summed E-state index contributed by atoms with van der Waals surface area (Å²) in [5.41, 5.74) is 6.69. The Morgan fingerprint density at radius 3 is 2.67 bits per heavy atom. The fourth-order valence-electron chi connectivity index (χ4n) is 2.39. The molecule has 1 fully saturated rings. The normalized spacial score (nSPS) is 16.9. The van der Waals surface area contributed by atoms with Gasteiger partial charge in [-0.25, -0.2) is 4.39 Å². The van der Waals surface area contributed by atoms with E-state index in [1.807, 2.05) is 0 Å². The molecule has 18 heavy (non-hydrogen) atoms. The zero-order valence-corrected chi connectivity index (χ0v) is 10.1. The topological polar surface area (TPSA) is 66.6 Å². The van der Waals surface area contributed by atoms with Crippen molar-refractivity contribution in [2.45, 2.75) is 19.4 Å². The predicted molar refractivity (Wildman–Crippen MR) is 66.5 cm³/mol. The molecule has 1 aromatic carbocycles. The lowest BCUT2D eigenvalue weighted by molar-refractivity contribution is -0.122. The molecule has 0 radical (unpaired) electrons. The van der Waals surface area contributed by atoms with Crippen LogP contribution in [-0.2, 0) is 11.4 Å². The fraction of sp³-hybridized carbons (Fsp3) is 0.462. The molecule has 1 aliphatic heterocycles.